The fraction of sp³-hybridized carbons (Fsp3) is 0.500. The highest BCUT2D eigenvalue weighted by molar-refractivity contribution is 5.87. The smallest absolute Gasteiger partial charge is 0.356 e. The molecule has 0 atom stereocenters. The third kappa shape index (κ3) is 2.27. The number of H-pyrrole nitrogens is 1. The van der Waals surface area contributed by atoms with E-state index in [-0.39, 0.29) is 12.3 Å². The van der Waals surface area contributed by atoms with Crippen molar-refractivity contribution in [2.24, 2.45) is 0 Å². The molecule has 4 nitrogen and oxygen atoms in total. The molecule has 0 amide bonds. The van der Waals surface area contributed by atoms with Gasteiger partial charge in [-0.3, -0.25) is 5.10 Å². The number of nitrogens with one attached hydrogen (secondary N) is 1. The van der Waals surface area contributed by atoms with Crippen molar-refractivity contribution in [2.75, 3.05) is 6.61 Å². The lowest BCUT2D eigenvalue weighted by molar-refractivity contribution is 0.0127. The van der Waals surface area contributed by atoms with Crippen LogP contribution in [-0.4, -0.2) is 22.8 Å². The van der Waals surface area contributed by atoms with Gasteiger partial charge in [0, 0.05) is 13.0 Å². The molecule has 0 radical (unpaired) electrons. The number of hydrogen-bond donors (Lipinski definition) is 1. The molecule has 0 saturated carbocycles. The summed E-state index contributed by atoms with van der Waals surface area (Å²) in [6, 6.07) is 0.984. The molecule has 0 aliphatic rings. The maximum Gasteiger partial charge on any atom is 0.356 e. The Morgan fingerprint density at radius 2 is 2.36 bits per heavy atom. The number of ether oxygens (including phenoxy) is 1. The van der Waals surface area contributed by atoms with E-state index in [0.717, 1.165) is 6.07 Å². The maximum absolute atomic E-state index is 12.7. The molecule has 6 heteroatoms. The minimum absolute atomic E-state index is 0.0663. The van der Waals surface area contributed by atoms with Gasteiger partial charge in [0.2, 0.25) is 0 Å². The van der Waals surface area contributed by atoms with Crippen LogP contribution in [0.15, 0.2) is 6.07 Å². The number of nitrogens with zero attached hydrogens (tertiary/aromatic N) is 1. The lowest BCUT2D eigenvalue weighted by atomic mass is 10.2. The van der Waals surface area contributed by atoms with Crippen molar-refractivity contribution < 1.29 is 18.3 Å². The number of aromatic amines is 1. The number of carbonyl (C=O) groups excluding carboxylic acids is 1. The maximum atomic E-state index is 12.7. The summed E-state index contributed by atoms with van der Waals surface area (Å²) in [5.41, 5.74) is -0.538. The Morgan fingerprint density at radius 3 is 2.79 bits per heavy atom. The van der Waals surface area contributed by atoms with Crippen molar-refractivity contribution in [3.8, 4) is 0 Å². The molecule has 1 aromatic heterocycles. The lowest BCUT2D eigenvalue weighted by Crippen LogP contribution is -2.07. The van der Waals surface area contributed by atoms with Gasteiger partial charge in [0.15, 0.2) is 0 Å². The molecule has 0 fully saturated rings. The minimum Gasteiger partial charge on any atom is -0.461 e. The first kappa shape index (κ1) is 10.6. The second kappa shape index (κ2) is 3.73. The van der Waals surface area contributed by atoms with Crippen LogP contribution < -0.4 is 0 Å². The van der Waals surface area contributed by atoms with E-state index < -0.39 is 17.6 Å². The Labute approximate surface area is 79.3 Å². The van der Waals surface area contributed by atoms with Gasteiger partial charge in [-0.15, -0.1) is 0 Å². The van der Waals surface area contributed by atoms with E-state index in [1.165, 1.54) is 0 Å². The average molecular weight is 204 g/mol. The number of esters is 1. The number of aromatic nitrogens is 2. The van der Waals surface area contributed by atoms with Gasteiger partial charge < -0.3 is 4.74 Å². The Hall–Kier alpha value is -1.46. The van der Waals surface area contributed by atoms with Gasteiger partial charge in [-0.1, -0.05) is 0 Å². The summed E-state index contributed by atoms with van der Waals surface area (Å²) in [6.07, 6.45) is 0. The summed E-state index contributed by atoms with van der Waals surface area (Å²) in [7, 11) is 0. The highest BCUT2D eigenvalue weighted by atomic mass is 19.3. The zero-order chi connectivity index (χ0) is 10.8. The third-order valence-electron chi connectivity index (χ3n) is 1.52. The van der Waals surface area contributed by atoms with Gasteiger partial charge in [-0.25, -0.2) is 4.79 Å². The van der Waals surface area contributed by atoms with Crippen LogP contribution in [0.25, 0.3) is 0 Å². The Bertz CT molecular complexity index is 330. The number of hydrogen-bond acceptors (Lipinski definition) is 3. The molecule has 0 aliphatic heterocycles. The Kier molecular flexibility index (Phi) is 2.83. The van der Waals surface area contributed by atoms with E-state index in [0.29, 0.717) is 6.92 Å². The van der Waals surface area contributed by atoms with Crippen molar-refractivity contribution in [3.63, 3.8) is 0 Å². The predicted molar refractivity (Wildman–Crippen MR) is 44.1 cm³/mol. The molecule has 0 bridgehead atoms. The molecule has 0 saturated heterocycles. The van der Waals surface area contributed by atoms with Crippen molar-refractivity contribution in [2.45, 2.75) is 19.8 Å². The molecule has 1 aromatic rings. The predicted octanol–water partition coefficient (Wildman–Crippen LogP) is 1.70. The molecular formula is C8H10F2N2O2. The highest BCUT2D eigenvalue weighted by Gasteiger charge is 2.28. The summed E-state index contributed by atoms with van der Waals surface area (Å²) in [5, 5.41) is 5.51. The summed E-state index contributed by atoms with van der Waals surface area (Å²) in [5.74, 6) is -3.74. The molecule has 1 rings (SSSR count). The lowest BCUT2D eigenvalue weighted by Gasteiger charge is -2.03. The van der Waals surface area contributed by atoms with Gasteiger partial charge in [0.1, 0.15) is 11.4 Å². The van der Waals surface area contributed by atoms with E-state index in [1.54, 1.807) is 6.92 Å². The van der Waals surface area contributed by atoms with Crippen LogP contribution in [0.2, 0.25) is 0 Å². The molecule has 78 valence electrons. The monoisotopic (exact) mass is 204 g/mol. The van der Waals surface area contributed by atoms with E-state index in [1.807, 2.05) is 0 Å². The number of rotatable bonds is 3. The van der Waals surface area contributed by atoms with E-state index >= 15 is 0 Å². The molecule has 14 heavy (non-hydrogen) atoms. The van der Waals surface area contributed by atoms with Gasteiger partial charge in [-0.2, -0.15) is 13.9 Å². The fourth-order valence-corrected chi connectivity index (χ4v) is 0.860. The summed E-state index contributed by atoms with van der Waals surface area (Å²) in [6.45, 7) is 2.53. The third-order valence-corrected chi connectivity index (χ3v) is 1.52. The molecule has 1 N–H and O–H groups in total. The first-order chi connectivity index (χ1) is 6.45. The molecule has 0 unspecified atom stereocenters. The van der Waals surface area contributed by atoms with Crippen LogP contribution >= 0.6 is 0 Å². The van der Waals surface area contributed by atoms with Gasteiger partial charge in [-0.05, 0) is 6.92 Å². The summed E-state index contributed by atoms with van der Waals surface area (Å²) < 4.78 is 30.0. The number of halogens is 2. The van der Waals surface area contributed by atoms with Crippen molar-refractivity contribution >= 4 is 5.97 Å². The zero-order valence-electron chi connectivity index (χ0n) is 7.80. The van der Waals surface area contributed by atoms with Crippen LogP contribution in [0.3, 0.4) is 0 Å². The van der Waals surface area contributed by atoms with Gasteiger partial charge in [0.25, 0.3) is 5.92 Å². The molecule has 0 aromatic carbocycles. The van der Waals surface area contributed by atoms with Gasteiger partial charge in [0.05, 0.1) is 6.61 Å². The SMILES string of the molecule is CCOC(=O)c1cc(C(C)(F)F)n[nH]1. The zero-order valence-corrected chi connectivity index (χ0v) is 7.80. The summed E-state index contributed by atoms with van der Waals surface area (Å²) >= 11 is 0. The standard InChI is InChI=1S/C8H10F2N2O2/c1-3-14-7(13)5-4-6(12-11-5)8(2,9)10/h4H,3H2,1-2H3,(H,11,12). The largest absolute Gasteiger partial charge is 0.461 e. The molecular weight excluding hydrogens is 194 g/mol. The van der Waals surface area contributed by atoms with Crippen LogP contribution in [0.4, 0.5) is 8.78 Å². The van der Waals surface area contributed by atoms with Crippen LogP contribution in [0.5, 0.6) is 0 Å². The highest BCUT2D eigenvalue weighted by Crippen LogP contribution is 2.25. The average Bonchev–Trinajstić information content (AvgIpc) is 2.51. The first-order valence-corrected chi connectivity index (χ1v) is 4.06. The second-order valence-electron chi connectivity index (χ2n) is 2.78. The Morgan fingerprint density at radius 1 is 1.71 bits per heavy atom. The topological polar surface area (TPSA) is 55.0 Å². The van der Waals surface area contributed by atoms with Crippen LogP contribution in [0, 0.1) is 0 Å². The van der Waals surface area contributed by atoms with E-state index in [4.69, 9.17) is 0 Å². The fourth-order valence-electron chi connectivity index (χ4n) is 0.860. The summed E-state index contributed by atoms with van der Waals surface area (Å²) in [4.78, 5) is 11.0. The quantitative estimate of drug-likeness (QED) is 0.762. The van der Waals surface area contributed by atoms with Crippen molar-refractivity contribution in [1.82, 2.24) is 10.2 Å². The number of alkyl halides is 2. The van der Waals surface area contributed by atoms with Crippen LogP contribution in [0.1, 0.15) is 30.0 Å². The molecule has 1 heterocycles. The van der Waals surface area contributed by atoms with E-state index in [2.05, 4.69) is 14.9 Å². The Balaban J connectivity index is 2.83. The molecule has 0 spiro atoms. The van der Waals surface area contributed by atoms with Crippen LogP contribution in [-0.2, 0) is 10.7 Å². The van der Waals surface area contributed by atoms with Gasteiger partial charge >= 0.3 is 5.97 Å². The first-order valence-electron chi connectivity index (χ1n) is 4.06. The second-order valence-corrected chi connectivity index (χ2v) is 2.78. The minimum atomic E-state index is -3.05. The van der Waals surface area contributed by atoms with Crippen molar-refractivity contribution in [1.29, 1.82) is 0 Å². The normalized spacial score (nSPS) is 11.4. The molecule has 0 aliphatic carbocycles. The van der Waals surface area contributed by atoms with Crippen molar-refractivity contribution in [3.05, 3.63) is 17.5 Å². The van der Waals surface area contributed by atoms with E-state index in [9.17, 15) is 13.6 Å². The number of carbonyl (C=O) groups is 1.